The summed E-state index contributed by atoms with van der Waals surface area (Å²) < 4.78 is 60.5. The van der Waals surface area contributed by atoms with Crippen LogP contribution in [0.3, 0.4) is 0 Å². The van der Waals surface area contributed by atoms with Gasteiger partial charge in [-0.05, 0) is 63.4 Å². The van der Waals surface area contributed by atoms with Gasteiger partial charge in [-0.3, -0.25) is 14.5 Å². The van der Waals surface area contributed by atoms with Gasteiger partial charge in [0.1, 0.15) is 41.1 Å². The molecule has 5 atom stereocenters. The molecular weight excluding hydrogens is 806 g/mol. The Morgan fingerprint density at radius 2 is 1.79 bits per heavy atom. The van der Waals surface area contributed by atoms with Crippen LogP contribution in [0.5, 0.6) is 6.01 Å². The summed E-state index contributed by atoms with van der Waals surface area (Å²) in [5.41, 5.74) is 2.29. The zero-order chi connectivity index (χ0) is 42.6. The summed E-state index contributed by atoms with van der Waals surface area (Å²) in [4.78, 5) is 60.0. The average molecular weight is 853 g/mol. The van der Waals surface area contributed by atoms with Gasteiger partial charge in [0, 0.05) is 59.9 Å². The number of ether oxygens (including phenoxy) is 2. The standard InChI is InChI=1S/C43H43F3N12O4.2H2/c1-22-49-33-12-25(45)10-29-32-8-9-47-43(50-32)62-27-14-35(37(59)21-53(2)18-28(61-3)20-55(22)38(29)33)56(19-27)39-30-15-48-58(34-7-6-24(44)11-31(34)46)40(30)52-42(51-39)57-26-13-36(57)41(60)54(17-26)16-23-4-5-23;;/h6-12,15,23,26-28,35-36H,4-5,13-14,16-21H2,1-3H3;2*1H/t26?,27?,28-,35-,36+;;/m0../s1. The van der Waals surface area contributed by atoms with Gasteiger partial charge >= 0.3 is 6.01 Å². The molecule has 6 aliphatic rings. The van der Waals surface area contributed by atoms with Crippen LogP contribution in [0.4, 0.5) is 24.9 Å². The van der Waals surface area contributed by atoms with Gasteiger partial charge in [0.15, 0.2) is 17.2 Å². The second kappa shape index (κ2) is 14.7. The van der Waals surface area contributed by atoms with Gasteiger partial charge < -0.3 is 28.7 Å². The topological polar surface area (TPSA) is 153 Å². The fourth-order valence-electron chi connectivity index (χ4n) is 9.75. The fourth-order valence-corrected chi connectivity index (χ4v) is 9.75. The van der Waals surface area contributed by atoms with Crippen molar-refractivity contribution in [1.82, 2.24) is 49.1 Å². The van der Waals surface area contributed by atoms with Crippen molar-refractivity contribution in [1.29, 1.82) is 0 Å². The van der Waals surface area contributed by atoms with Crippen molar-refractivity contribution in [2.24, 2.45) is 5.92 Å². The van der Waals surface area contributed by atoms with E-state index in [1.54, 1.807) is 19.4 Å². The molecule has 16 nitrogen and oxygen atoms in total. The van der Waals surface area contributed by atoms with Crippen LogP contribution in [0.25, 0.3) is 39.0 Å². The normalized spacial score (nSPS) is 24.3. The largest absolute Gasteiger partial charge is 0.458 e. The summed E-state index contributed by atoms with van der Waals surface area (Å²) in [7, 11) is 3.47. The van der Waals surface area contributed by atoms with Crippen LogP contribution in [0, 0.1) is 30.3 Å². The Bertz CT molecular complexity index is 2810. The molecule has 2 unspecified atom stereocenters. The van der Waals surface area contributed by atoms with E-state index in [9.17, 15) is 14.0 Å². The summed E-state index contributed by atoms with van der Waals surface area (Å²) >= 11 is 0. The number of hydrogen-bond acceptors (Lipinski definition) is 13. The number of aromatic nitrogens is 8. The first kappa shape index (κ1) is 38.7. The van der Waals surface area contributed by atoms with Crippen molar-refractivity contribution >= 4 is 45.5 Å². The number of nitrogens with zero attached hydrogens (tertiary/aromatic N) is 12. The first-order valence-corrected chi connectivity index (χ1v) is 20.9. The van der Waals surface area contributed by atoms with Crippen molar-refractivity contribution < 1.29 is 35.1 Å². The maximum Gasteiger partial charge on any atom is 0.317 e. The van der Waals surface area contributed by atoms with E-state index in [1.807, 2.05) is 38.1 Å². The molecule has 1 amide bonds. The molecule has 4 aromatic heterocycles. The summed E-state index contributed by atoms with van der Waals surface area (Å²) in [5, 5.41) is 4.95. The number of carbonyl (C=O) groups is 2. The number of carbonyl (C=O) groups excluding carboxylic acids is 2. The number of likely N-dealkylation sites (N-methyl/N-ethyl adjacent to an activating group) is 1. The number of piperazine rings is 1. The third kappa shape index (κ3) is 6.59. The molecule has 0 N–H and O–H groups in total. The molecule has 1 saturated carbocycles. The van der Waals surface area contributed by atoms with Gasteiger partial charge in [0.2, 0.25) is 11.9 Å². The Morgan fingerprint density at radius 1 is 0.935 bits per heavy atom. The molecule has 0 radical (unpaired) electrons. The summed E-state index contributed by atoms with van der Waals surface area (Å²) in [6, 6.07) is 6.48. The minimum absolute atomic E-state index is 0. The van der Waals surface area contributed by atoms with Crippen molar-refractivity contribution in [3.8, 4) is 23.0 Å². The van der Waals surface area contributed by atoms with Gasteiger partial charge in [0.25, 0.3) is 0 Å². The fraction of sp³-hybridized carbons (Fsp3) is 0.442. The molecule has 5 aliphatic heterocycles. The Balaban J connectivity index is 0.00000259. The first-order chi connectivity index (χ1) is 30.0. The molecule has 62 heavy (non-hydrogen) atoms. The number of imidazole rings is 1. The predicted molar refractivity (Wildman–Crippen MR) is 224 cm³/mol. The second-order valence-electron chi connectivity index (χ2n) is 17.2. The van der Waals surface area contributed by atoms with Crippen molar-refractivity contribution in [2.75, 3.05) is 56.7 Å². The van der Waals surface area contributed by atoms with E-state index in [4.69, 9.17) is 24.4 Å². The number of Topliss-reactive ketones (excluding diaryl/α,β-unsaturated/α-hetero) is 1. The number of aryl methyl sites for hydroxylation is 1. The van der Waals surface area contributed by atoms with Gasteiger partial charge in [-0.15, -0.1) is 0 Å². The number of halogens is 3. The Hall–Kier alpha value is -6.21. The quantitative estimate of drug-likeness (QED) is 0.230. The molecule has 5 fully saturated rings. The number of fused-ring (bicyclic) bond motifs is 8. The maximum atomic E-state index is 15.5. The lowest BCUT2D eigenvalue weighted by molar-refractivity contribution is -0.140. The van der Waals surface area contributed by atoms with E-state index in [-0.39, 0.29) is 69.5 Å². The molecular formula is C43H47F3N12O4. The van der Waals surface area contributed by atoms with Crippen molar-refractivity contribution in [3.63, 3.8) is 0 Å². The Labute approximate surface area is 356 Å². The zero-order valence-electron chi connectivity index (χ0n) is 34.3. The highest BCUT2D eigenvalue weighted by Gasteiger charge is 2.53. The Morgan fingerprint density at radius 3 is 2.58 bits per heavy atom. The number of methoxy groups -OCH3 is 1. The second-order valence-corrected chi connectivity index (χ2v) is 17.2. The predicted octanol–water partition coefficient (Wildman–Crippen LogP) is 4.60. The highest BCUT2D eigenvalue weighted by Crippen LogP contribution is 2.42. The average Bonchev–Trinajstić information content (AvgIpc) is 3.65. The van der Waals surface area contributed by atoms with Crippen LogP contribution in [0.15, 0.2) is 48.8 Å². The third-order valence-electron chi connectivity index (χ3n) is 12.9. The van der Waals surface area contributed by atoms with Crippen LogP contribution in [0.2, 0.25) is 0 Å². The van der Waals surface area contributed by atoms with Crippen molar-refractivity contribution in [2.45, 2.75) is 69.5 Å². The molecule has 12 rings (SSSR count). The van der Waals surface area contributed by atoms with Crippen LogP contribution in [-0.4, -0.2) is 138 Å². The molecule has 9 heterocycles. The maximum absolute atomic E-state index is 15.5. The SMILES string of the molecule is CO[C@H]1CN(C)CC(=O)[C@@H]2CC(CN2c2nc(N3C4C[C@@H]3C(=O)N(CC3CC3)C4)nc3c2cnn3-c2ccc(F)cc2F)Oc2nccc(n2)-c2cc(F)cc3nc(C)n(c23)C1.[HH].[HH]. The number of piperidine rings is 1. The number of rotatable bonds is 6. The molecule has 6 bridgehead atoms. The van der Waals surface area contributed by atoms with E-state index in [0.29, 0.717) is 71.3 Å². The number of amides is 1. The lowest BCUT2D eigenvalue weighted by Crippen LogP contribution is -2.72. The number of ketones is 1. The van der Waals surface area contributed by atoms with Gasteiger partial charge in [-0.1, -0.05) is 0 Å². The van der Waals surface area contributed by atoms with E-state index >= 15 is 8.78 Å². The van der Waals surface area contributed by atoms with Crippen LogP contribution in [-0.2, 0) is 20.9 Å². The van der Waals surface area contributed by atoms with E-state index in [2.05, 4.69) is 15.1 Å². The molecule has 1 aliphatic carbocycles. The summed E-state index contributed by atoms with van der Waals surface area (Å²) in [6.07, 6.45) is 5.19. The number of benzene rings is 2. The molecule has 0 spiro atoms. The van der Waals surface area contributed by atoms with E-state index in [1.165, 1.54) is 29.1 Å². The Kier molecular flexibility index (Phi) is 9.18. The van der Waals surface area contributed by atoms with Crippen LogP contribution >= 0.6 is 0 Å². The molecule has 324 valence electrons. The van der Waals surface area contributed by atoms with Gasteiger partial charge in [0.05, 0.1) is 66.1 Å². The molecule has 6 aromatic rings. The zero-order valence-corrected chi connectivity index (χ0v) is 34.3. The van der Waals surface area contributed by atoms with Gasteiger partial charge in [-0.25, -0.2) is 27.8 Å². The third-order valence-corrected chi connectivity index (χ3v) is 12.9. The minimum atomic E-state index is -0.840. The monoisotopic (exact) mass is 852 g/mol. The smallest absolute Gasteiger partial charge is 0.317 e. The summed E-state index contributed by atoms with van der Waals surface area (Å²) in [5.74, 6) is -0.345. The molecule has 19 heteroatoms. The number of anilines is 2. The first-order valence-electron chi connectivity index (χ1n) is 20.9. The van der Waals surface area contributed by atoms with E-state index < -0.39 is 35.6 Å². The lowest BCUT2D eigenvalue weighted by atomic mass is 9.87. The molecule has 2 aromatic carbocycles. The van der Waals surface area contributed by atoms with Crippen LogP contribution in [0.1, 0.15) is 34.4 Å². The highest BCUT2D eigenvalue weighted by molar-refractivity contribution is 5.96. The van der Waals surface area contributed by atoms with E-state index in [0.717, 1.165) is 31.5 Å². The van der Waals surface area contributed by atoms with Gasteiger partial charge in [-0.2, -0.15) is 20.1 Å². The number of hydrogen-bond donors (Lipinski definition) is 0. The van der Waals surface area contributed by atoms with Crippen LogP contribution < -0.4 is 14.5 Å². The highest BCUT2D eigenvalue weighted by atomic mass is 19.1. The minimum Gasteiger partial charge on any atom is -0.458 e. The van der Waals surface area contributed by atoms with Crippen molar-refractivity contribution in [3.05, 3.63) is 72.1 Å². The summed E-state index contributed by atoms with van der Waals surface area (Å²) in [6.45, 7) is 4.07. The molecule has 4 saturated heterocycles. The lowest BCUT2D eigenvalue weighted by Gasteiger charge is -2.55.